The van der Waals surface area contributed by atoms with Crippen LogP contribution < -0.4 is 4.74 Å². The van der Waals surface area contributed by atoms with E-state index in [-0.39, 0.29) is 6.42 Å². The first-order valence-corrected chi connectivity index (χ1v) is 7.74. The van der Waals surface area contributed by atoms with E-state index in [0.717, 1.165) is 31.7 Å². The van der Waals surface area contributed by atoms with Crippen molar-refractivity contribution in [3.63, 3.8) is 0 Å². The number of nitrogens with zero attached hydrogens (tertiary/aromatic N) is 1. The SMILES string of the molecule is COc1cccc(CCC2CCCN(CCC(=O)O)C2)c1. The second-order valence-corrected chi connectivity index (χ2v) is 5.84. The number of aryl methyl sites for hydroxylation is 1. The monoisotopic (exact) mass is 291 g/mol. The maximum Gasteiger partial charge on any atom is 0.304 e. The molecule has 1 aliphatic rings. The number of likely N-dealkylation sites (tertiary alicyclic amines) is 1. The molecular formula is C17H25NO3. The third kappa shape index (κ3) is 5.38. The van der Waals surface area contributed by atoms with Gasteiger partial charge < -0.3 is 14.7 Å². The maximum atomic E-state index is 10.7. The molecule has 1 aliphatic heterocycles. The van der Waals surface area contributed by atoms with Gasteiger partial charge in [-0.1, -0.05) is 12.1 Å². The maximum absolute atomic E-state index is 10.7. The number of hydrogen-bond acceptors (Lipinski definition) is 3. The van der Waals surface area contributed by atoms with Crippen LogP contribution in [0.3, 0.4) is 0 Å². The van der Waals surface area contributed by atoms with E-state index in [4.69, 9.17) is 9.84 Å². The number of carboxylic acids is 1. The van der Waals surface area contributed by atoms with Crippen LogP contribution in [-0.4, -0.2) is 42.7 Å². The molecular weight excluding hydrogens is 266 g/mol. The molecule has 1 fully saturated rings. The van der Waals surface area contributed by atoms with Crippen LogP contribution in [0.15, 0.2) is 24.3 Å². The van der Waals surface area contributed by atoms with E-state index in [1.165, 1.54) is 18.4 Å². The molecule has 2 rings (SSSR count). The second-order valence-electron chi connectivity index (χ2n) is 5.84. The van der Waals surface area contributed by atoms with Crippen LogP contribution in [0, 0.1) is 5.92 Å². The molecule has 116 valence electrons. The Morgan fingerprint density at radius 1 is 1.48 bits per heavy atom. The molecule has 4 heteroatoms. The summed E-state index contributed by atoms with van der Waals surface area (Å²) in [6.45, 7) is 2.77. The predicted molar refractivity (Wildman–Crippen MR) is 82.7 cm³/mol. The van der Waals surface area contributed by atoms with Crippen molar-refractivity contribution in [3.8, 4) is 5.75 Å². The Labute approximate surface area is 126 Å². The zero-order chi connectivity index (χ0) is 15.1. The van der Waals surface area contributed by atoms with Gasteiger partial charge >= 0.3 is 5.97 Å². The summed E-state index contributed by atoms with van der Waals surface area (Å²) in [5.74, 6) is 0.895. The van der Waals surface area contributed by atoms with Gasteiger partial charge in [0.15, 0.2) is 0 Å². The van der Waals surface area contributed by atoms with E-state index in [1.807, 2.05) is 12.1 Å². The van der Waals surface area contributed by atoms with Crippen LogP contribution >= 0.6 is 0 Å². The number of piperidine rings is 1. The zero-order valence-corrected chi connectivity index (χ0v) is 12.8. The number of benzene rings is 1. The fourth-order valence-electron chi connectivity index (χ4n) is 3.04. The number of hydrogen-bond donors (Lipinski definition) is 1. The molecule has 4 nitrogen and oxygen atoms in total. The lowest BCUT2D eigenvalue weighted by molar-refractivity contribution is -0.137. The first-order valence-electron chi connectivity index (χ1n) is 7.74. The second kappa shape index (κ2) is 8.03. The first-order chi connectivity index (χ1) is 10.2. The standard InChI is InChI=1S/C17H25NO3/c1-21-16-6-2-4-14(12-16)7-8-15-5-3-10-18(13-15)11-9-17(19)20/h2,4,6,12,15H,3,5,7-11,13H2,1H3,(H,19,20). The molecule has 1 saturated heterocycles. The van der Waals surface area contributed by atoms with E-state index in [9.17, 15) is 4.79 Å². The number of rotatable bonds is 7. The van der Waals surface area contributed by atoms with Crippen LogP contribution in [0.5, 0.6) is 5.75 Å². The van der Waals surface area contributed by atoms with E-state index >= 15 is 0 Å². The number of ether oxygens (including phenoxy) is 1. The van der Waals surface area contributed by atoms with Gasteiger partial charge in [-0.05, 0) is 55.8 Å². The number of carbonyl (C=O) groups is 1. The van der Waals surface area contributed by atoms with E-state index in [1.54, 1.807) is 7.11 Å². The third-order valence-electron chi connectivity index (χ3n) is 4.22. The summed E-state index contributed by atoms with van der Waals surface area (Å²) in [5.41, 5.74) is 1.32. The van der Waals surface area contributed by atoms with Crippen LogP contribution in [0.4, 0.5) is 0 Å². The Morgan fingerprint density at radius 3 is 3.10 bits per heavy atom. The highest BCUT2D eigenvalue weighted by Gasteiger charge is 2.20. The van der Waals surface area contributed by atoms with Gasteiger partial charge in [0.25, 0.3) is 0 Å². The summed E-state index contributed by atoms with van der Waals surface area (Å²) in [6, 6.07) is 8.25. The fourth-order valence-corrected chi connectivity index (χ4v) is 3.04. The van der Waals surface area contributed by atoms with Crippen LogP contribution in [0.25, 0.3) is 0 Å². The van der Waals surface area contributed by atoms with E-state index in [2.05, 4.69) is 17.0 Å². The van der Waals surface area contributed by atoms with E-state index in [0.29, 0.717) is 12.5 Å². The van der Waals surface area contributed by atoms with Gasteiger partial charge in [-0.3, -0.25) is 4.79 Å². The van der Waals surface area contributed by atoms with Gasteiger partial charge in [-0.2, -0.15) is 0 Å². The van der Waals surface area contributed by atoms with Crippen molar-refractivity contribution in [2.45, 2.75) is 32.1 Å². The Morgan fingerprint density at radius 2 is 2.33 bits per heavy atom. The molecule has 0 aliphatic carbocycles. The van der Waals surface area contributed by atoms with Gasteiger partial charge in [0.1, 0.15) is 5.75 Å². The van der Waals surface area contributed by atoms with Gasteiger partial charge in [0.2, 0.25) is 0 Å². The van der Waals surface area contributed by atoms with Crippen LogP contribution in [0.1, 0.15) is 31.2 Å². The Bertz CT molecular complexity index is 461. The molecule has 1 aromatic rings. The van der Waals surface area contributed by atoms with Crippen molar-refractivity contribution in [3.05, 3.63) is 29.8 Å². The van der Waals surface area contributed by atoms with Crippen molar-refractivity contribution >= 4 is 5.97 Å². The average Bonchev–Trinajstić information content (AvgIpc) is 2.51. The van der Waals surface area contributed by atoms with Crippen molar-refractivity contribution in [2.24, 2.45) is 5.92 Å². The van der Waals surface area contributed by atoms with Crippen molar-refractivity contribution in [1.29, 1.82) is 0 Å². The van der Waals surface area contributed by atoms with Crippen molar-refractivity contribution in [2.75, 3.05) is 26.7 Å². The minimum Gasteiger partial charge on any atom is -0.497 e. The molecule has 0 spiro atoms. The molecule has 1 heterocycles. The van der Waals surface area contributed by atoms with Crippen LogP contribution in [0.2, 0.25) is 0 Å². The van der Waals surface area contributed by atoms with E-state index < -0.39 is 5.97 Å². The number of carboxylic acid groups (broad SMARTS) is 1. The van der Waals surface area contributed by atoms with Gasteiger partial charge in [-0.25, -0.2) is 0 Å². The average molecular weight is 291 g/mol. The Balaban J connectivity index is 1.78. The van der Waals surface area contributed by atoms with Crippen molar-refractivity contribution in [1.82, 2.24) is 4.90 Å². The normalized spacial score (nSPS) is 19.4. The predicted octanol–water partition coefficient (Wildman–Crippen LogP) is 2.81. The minimum atomic E-state index is -0.700. The lowest BCUT2D eigenvalue weighted by Crippen LogP contribution is -2.36. The highest BCUT2D eigenvalue weighted by Crippen LogP contribution is 2.23. The molecule has 1 N–H and O–H groups in total. The summed E-state index contributed by atoms with van der Waals surface area (Å²) < 4.78 is 5.25. The molecule has 0 bridgehead atoms. The largest absolute Gasteiger partial charge is 0.497 e. The fraction of sp³-hybridized carbons (Fsp3) is 0.588. The zero-order valence-electron chi connectivity index (χ0n) is 12.8. The molecule has 1 aromatic carbocycles. The Kier molecular flexibility index (Phi) is 6.05. The highest BCUT2D eigenvalue weighted by molar-refractivity contribution is 5.66. The van der Waals surface area contributed by atoms with Crippen LogP contribution in [-0.2, 0) is 11.2 Å². The lowest BCUT2D eigenvalue weighted by atomic mass is 9.91. The van der Waals surface area contributed by atoms with Crippen molar-refractivity contribution < 1.29 is 14.6 Å². The topological polar surface area (TPSA) is 49.8 Å². The number of methoxy groups -OCH3 is 1. The quantitative estimate of drug-likeness (QED) is 0.839. The molecule has 1 unspecified atom stereocenters. The summed E-state index contributed by atoms with van der Waals surface area (Å²) >= 11 is 0. The van der Waals surface area contributed by atoms with Gasteiger partial charge in [0, 0.05) is 13.1 Å². The summed E-state index contributed by atoms with van der Waals surface area (Å²) in [6.07, 6.45) is 4.92. The molecule has 0 aromatic heterocycles. The Hall–Kier alpha value is -1.55. The molecule has 0 amide bonds. The third-order valence-corrected chi connectivity index (χ3v) is 4.22. The molecule has 0 radical (unpaired) electrons. The molecule has 21 heavy (non-hydrogen) atoms. The minimum absolute atomic E-state index is 0.253. The van der Waals surface area contributed by atoms with Gasteiger partial charge in [0.05, 0.1) is 13.5 Å². The lowest BCUT2D eigenvalue weighted by Gasteiger charge is -2.32. The highest BCUT2D eigenvalue weighted by atomic mass is 16.5. The smallest absolute Gasteiger partial charge is 0.304 e. The molecule has 0 saturated carbocycles. The summed E-state index contributed by atoms with van der Waals surface area (Å²) in [7, 11) is 1.70. The number of aliphatic carboxylic acids is 1. The van der Waals surface area contributed by atoms with Gasteiger partial charge in [-0.15, -0.1) is 0 Å². The summed E-state index contributed by atoms with van der Waals surface area (Å²) in [4.78, 5) is 13.0. The summed E-state index contributed by atoms with van der Waals surface area (Å²) in [5, 5.41) is 8.77. The first kappa shape index (κ1) is 15.8. The molecule has 1 atom stereocenters.